The number of rotatable bonds is 5. The summed E-state index contributed by atoms with van der Waals surface area (Å²) in [6, 6.07) is 7.87. The summed E-state index contributed by atoms with van der Waals surface area (Å²) < 4.78 is 35.7. The topological polar surface area (TPSA) is 72.2 Å². The predicted molar refractivity (Wildman–Crippen MR) is 62.2 cm³/mol. The maximum Gasteiger partial charge on any atom is 0.471 e. The van der Waals surface area contributed by atoms with Gasteiger partial charge in [-0.15, -0.1) is 0 Å². The molecule has 3 N–H and O–H groups in total. The molecule has 0 fully saturated rings. The second-order valence-corrected chi connectivity index (χ2v) is 3.94. The Morgan fingerprint density at radius 2 is 1.79 bits per heavy atom. The van der Waals surface area contributed by atoms with E-state index < -0.39 is 30.5 Å². The van der Waals surface area contributed by atoms with E-state index in [-0.39, 0.29) is 6.42 Å². The van der Waals surface area contributed by atoms with Gasteiger partial charge in [0.2, 0.25) is 0 Å². The zero-order valence-electron chi connectivity index (χ0n) is 9.91. The van der Waals surface area contributed by atoms with Gasteiger partial charge in [-0.05, 0) is 12.0 Å². The molecule has 4 nitrogen and oxygen atoms in total. The molecule has 0 aliphatic heterocycles. The average Bonchev–Trinajstić information content (AvgIpc) is 2.35. The first-order chi connectivity index (χ1) is 8.80. The van der Waals surface area contributed by atoms with E-state index in [4.69, 9.17) is 5.73 Å². The van der Waals surface area contributed by atoms with E-state index >= 15 is 0 Å². The fourth-order valence-corrected chi connectivity index (χ4v) is 1.38. The summed E-state index contributed by atoms with van der Waals surface area (Å²) in [6.07, 6.45) is -4.79. The summed E-state index contributed by atoms with van der Waals surface area (Å²) in [5.74, 6) is -2.80. The van der Waals surface area contributed by atoms with Crippen molar-refractivity contribution in [1.29, 1.82) is 0 Å². The molecular weight excluding hydrogens is 261 g/mol. The number of amides is 1. The van der Waals surface area contributed by atoms with Crippen LogP contribution in [0.4, 0.5) is 13.2 Å². The smallest absolute Gasteiger partial charge is 0.341 e. The van der Waals surface area contributed by atoms with E-state index in [2.05, 4.69) is 0 Å². The minimum absolute atomic E-state index is 0.210. The van der Waals surface area contributed by atoms with Crippen LogP contribution in [0.3, 0.4) is 0 Å². The number of alkyl halides is 3. The molecule has 0 heterocycles. The van der Waals surface area contributed by atoms with Crippen molar-refractivity contribution >= 4 is 11.7 Å². The number of benzene rings is 1. The van der Waals surface area contributed by atoms with Crippen molar-refractivity contribution in [2.24, 2.45) is 5.73 Å². The van der Waals surface area contributed by atoms with Gasteiger partial charge in [-0.1, -0.05) is 30.3 Å². The van der Waals surface area contributed by atoms with Gasteiger partial charge in [0.15, 0.2) is 5.78 Å². The van der Waals surface area contributed by atoms with Crippen LogP contribution in [0.25, 0.3) is 0 Å². The maximum absolute atomic E-state index is 11.9. The third-order valence-electron chi connectivity index (χ3n) is 2.39. The zero-order chi connectivity index (χ0) is 14.5. The van der Waals surface area contributed by atoms with E-state index in [1.165, 1.54) is 5.32 Å². The highest BCUT2D eigenvalue weighted by Gasteiger charge is 2.38. The van der Waals surface area contributed by atoms with Gasteiger partial charge in [0.25, 0.3) is 0 Å². The maximum atomic E-state index is 11.9. The zero-order valence-corrected chi connectivity index (χ0v) is 9.91. The Kier molecular flexibility index (Phi) is 5.05. The molecule has 0 bridgehead atoms. The number of Topliss-reactive ketones (excluding diaryl/α,β-unsaturated/α-hetero) is 1. The number of carbonyl (C=O) groups is 2. The molecule has 7 heteroatoms. The summed E-state index contributed by atoms with van der Waals surface area (Å²) in [5.41, 5.74) is 6.36. The monoisotopic (exact) mass is 274 g/mol. The van der Waals surface area contributed by atoms with Crippen molar-refractivity contribution in [3.05, 3.63) is 35.9 Å². The quantitative estimate of drug-likeness (QED) is 0.834. The fraction of sp³-hybridized carbons (Fsp3) is 0.333. The van der Waals surface area contributed by atoms with Crippen LogP contribution in [0.15, 0.2) is 30.3 Å². The summed E-state index contributed by atoms with van der Waals surface area (Å²) in [5, 5.41) is 1.50. The van der Waals surface area contributed by atoms with Crippen LogP contribution in [0.1, 0.15) is 5.56 Å². The Bertz CT molecular complexity index is 446. The number of nitrogens with two attached hydrogens (primary N) is 1. The van der Waals surface area contributed by atoms with Crippen molar-refractivity contribution in [2.45, 2.75) is 18.6 Å². The molecule has 0 spiro atoms. The SMILES string of the molecule is N[C@@H](Cc1ccccc1)C(=O)CNC(=O)C(F)(F)F. The van der Waals surface area contributed by atoms with E-state index in [1.807, 2.05) is 0 Å². The van der Waals surface area contributed by atoms with Crippen molar-refractivity contribution < 1.29 is 22.8 Å². The Balaban J connectivity index is 2.44. The van der Waals surface area contributed by atoms with E-state index in [0.29, 0.717) is 0 Å². The van der Waals surface area contributed by atoms with Gasteiger partial charge < -0.3 is 11.1 Å². The third-order valence-corrected chi connectivity index (χ3v) is 2.39. The van der Waals surface area contributed by atoms with Gasteiger partial charge in [0, 0.05) is 0 Å². The van der Waals surface area contributed by atoms with Gasteiger partial charge in [0.05, 0.1) is 12.6 Å². The summed E-state index contributed by atoms with van der Waals surface area (Å²) in [7, 11) is 0. The molecular formula is C12H13F3N2O2. The molecule has 0 aromatic heterocycles. The Hall–Kier alpha value is -1.89. The minimum atomic E-state index is -5.00. The van der Waals surface area contributed by atoms with Crippen LogP contribution in [0.5, 0.6) is 0 Å². The highest BCUT2D eigenvalue weighted by molar-refractivity contribution is 5.91. The minimum Gasteiger partial charge on any atom is -0.341 e. The van der Waals surface area contributed by atoms with E-state index in [9.17, 15) is 22.8 Å². The molecule has 1 atom stereocenters. The van der Waals surface area contributed by atoms with Gasteiger partial charge in [-0.2, -0.15) is 13.2 Å². The third kappa shape index (κ3) is 5.09. The second-order valence-electron chi connectivity index (χ2n) is 3.94. The highest BCUT2D eigenvalue weighted by Crippen LogP contribution is 2.13. The largest absolute Gasteiger partial charge is 0.471 e. The lowest BCUT2D eigenvalue weighted by Crippen LogP contribution is -2.44. The summed E-state index contributed by atoms with van der Waals surface area (Å²) >= 11 is 0. The number of carbonyl (C=O) groups excluding carboxylic acids is 2. The number of hydrogen-bond donors (Lipinski definition) is 2. The lowest BCUT2D eigenvalue weighted by atomic mass is 10.0. The molecule has 0 radical (unpaired) electrons. The van der Waals surface area contributed by atoms with Crippen LogP contribution >= 0.6 is 0 Å². The molecule has 0 unspecified atom stereocenters. The fourth-order valence-electron chi connectivity index (χ4n) is 1.38. The average molecular weight is 274 g/mol. The second kappa shape index (κ2) is 6.33. The number of halogens is 3. The molecule has 0 aliphatic carbocycles. The van der Waals surface area contributed by atoms with Crippen LogP contribution < -0.4 is 11.1 Å². The van der Waals surface area contributed by atoms with Gasteiger partial charge >= 0.3 is 12.1 Å². The molecule has 0 aliphatic rings. The van der Waals surface area contributed by atoms with Crippen LogP contribution in [-0.4, -0.2) is 30.5 Å². The van der Waals surface area contributed by atoms with Crippen molar-refractivity contribution in [3.63, 3.8) is 0 Å². The lowest BCUT2D eigenvalue weighted by molar-refractivity contribution is -0.173. The van der Waals surface area contributed by atoms with Crippen LogP contribution in [-0.2, 0) is 16.0 Å². The Labute approximate surface area is 107 Å². The van der Waals surface area contributed by atoms with Gasteiger partial charge in [-0.3, -0.25) is 9.59 Å². The molecule has 0 saturated heterocycles. The molecule has 1 rings (SSSR count). The molecule has 104 valence electrons. The Morgan fingerprint density at radius 1 is 1.21 bits per heavy atom. The first-order valence-corrected chi connectivity index (χ1v) is 5.48. The van der Waals surface area contributed by atoms with E-state index in [1.54, 1.807) is 30.3 Å². The number of ketones is 1. The number of nitrogens with one attached hydrogen (secondary N) is 1. The Morgan fingerprint density at radius 3 is 2.32 bits per heavy atom. The molecule has 1 amide bonds. The first kappa shape index (κ1) is 15.2. The van der Waals surface area contributed by atoms with Crippen LogP contribution in [0, 0.1) is 0 Å². The predicted octanol–water partition coefficient (Wildman–Crippen LogP) is 0.804. The molecule has 1 aromatic carbocycles. The lowest BCUT2D eigenvalue weighted by Gasteiger charge is -2.12. The molecule has 19 heavy (non-hydrogen) atoms. The van der Waals surface area contributed by atoms with Crippen molar-refractivity contribution in [3.8, 4) is 0 Å². The molecule has 1 aromatic rings. The highest BCUT2D eigenvalue weighted by atomic mass is 19.4. The standard InChI is InChI=1S/C12H13F3N2O2/c13-12(14,15)11(19)17-7-10(18)9(16)6-8-4-2-1-3-5-8/h1-5,9H,6-7,16H2,(H,17,19)/t9-/m0/s1. The van der Waals surface area contributed by atoms with Gasteiger partial charge in [-0.25, -0.2) is 0 Å². The van der Waals surface area contributed by atoms with Crippen molar-refractivity contribution in [1.82, 2.24) is 5.32 Å². The normalized spacial score (nSPS) is 12.8. The van der Waals surface area contributed by atoms with E-state index in [0.717, 1.165) is 5.56 Å². The molecule has 0 saturated carbocycles. The van der Waals surface area contributed by atoms with Crippen molar-refractivity contribution in [2.75, 3.05) is 6.54 Å². The number of hydrogen-bond acceptors (Lipinski definition) is 3. The summed E-state index contributed by atoms with van der Waals surface area (Å²) in [4.78, 5) is 22.0. The first-order valence-electron chi connectivity index (χ1n) is 5.48. The summed E-state index contributed by atoms with van der Waals surface area (Å²) in [6.45, 7) is -0.730. The van der Waals surface area contributed by atoms with Crippen LogP contribution in [0.2, 0.25) is 0 Å². The van der Waals surface area contributed by atoms with Gasteiger partial charge in [0.1, 0.15) is 0 Å².